The number of benzene rings is 1. The molecule has 1 aliphatic rings. The Bertz CT molecular complexity index is 911. The first-order valence-corrected chi connectivity index (χ1v) is 11.4. The van der Waals surface area contributed by atoms with Gasteiger partial charge in [-0.15, -0.1) is 10.2 Å². The summed E-state index contributed by atoms with van der Waals surface area (Å²) in [5.74, 6) is 0.827. The number of nitriles is 1. The van der Waals surface area contributed by atoms with Crippen molar-refractivity contribution in [1.29, 1.82) is 5.26 Å². The first kappa shape index (κ1) is 22.2. The van der Waals surface area contributed by atoms with Crippen LogP contribution in [0.25, 0.3) is 5.69 Å². The molecule has 1 saturated heterocycles. The van der Waals surface area contributed by atoms with E-state index in [1.807, 2.05) is 18.4 Å². The minimum Gasteiger partial charge on any atom is -0.341 e. The summed E-state index contributed by atoms with van der Waals surface area (Å²) >= 11 is 1.34. The Kier molecular flexibility index (Phi) is 7.03. The van der Waals surface area contributed by atoms with E-state index in [0.29, 0.717) is 5.16 Å². The molecule has 8 heteroatoms. The minimum atomic E-state index is -0.888. The van der Waals surface area contributed by atoms with E-state index in [9.17, 15) is 10.1 Å². The van der Waals surface area contributed by atoms with Gasteiger partial charge in [0.1, 0.15) is 5.54 Å². The van der Waals surface area contributed by atoms with Crippen molar-refractivity contribution in [2.75, 3.05) is 23.7 Å². The topological polar surface area (TPSA) is 86.8 Å². The highest BCUT2D eigenvalue weighted by molar-refractivity contribution is 7.99. The van der Waals surface area contributed by atoms with Crippen LogP contribution < -0.4 is 10.2 Å². The summed E-state index contributed by atoms with van der Waals surface area (Å²) in [5, 5.41) is 21.9. The van der Waals surface area contributed by atoms with Crippen molar-refractivity contribution in [3.05, 3.63) is 29.8 Å². The maximum Gasteiger partial charge on any atom is 0.232 e. The summed E-state index contributed by atoms with van der Waals surface area (Å²) in [7, 11) is 0. The zero-order valence-electron chi connectivity index (χ0n) is 18.2. The molecule has 1 aromatic heterocycles. The molecule has 0 unspecified atom stereocenters. The van der Waals surface area contributed by atoms with Gasteiger partial charge in [-0.2, -0.15) is 5.26 Å². The number of aryl methyl sites for hydroxylation is 1. The van der Waals surface area contributed by atoms with Crippen LogP contribution in [0.5, 0.6) is 0 Å². The van der Waals surface area contributed by atoms with Gasteiger partial charge in [0.15, 0.2) is 5.16 Å². The van der Waals surface area contributed by atoms with Crippen LogP contribution in [-0.4, -0.2) is 45.1 Å². The molecule has 0 saturated carbocycles. The average molecular weight is 427 g/mol. The van der Waals surface area contributed by atoms with Crippen molar-refractivity contribution in [3.8, 4) is 11.8 Å². The van der Waals surface area contributed by atoms with Gasteiger partial charge in [0, 0.05) is 13.1 Å². The van der Waals surface area contributed by atoms with Crippen LogP contribution in [-0.2, 0) is 4.79 Å². The summed E-state index contributed by atoms with van der Waals surface area (Å²) < 4.78 is 2.04. The number of rotatable bonds is 7. The second-order valence-corrected chi connectivity index (χ2v) is 9.25. The van der Waals surface area contributed by atoms with Crippen molar-refractivity contribution in [2.24, 2.45) is 5.92 Å². The maximum absolute atomic E-state index is 12.5. The summed E-state index contributed by atoms with van der Waals surface area (Å²) in [6.45, 7) is 9.59. The SMILES string of the molecule is Cc1ccc(-n2c(SCC(=O)N[C@@](C)(C#N)C(C)C)nnc2N2CCCCC2)cc1. The number of nitrogens with zero attached hydrogens (tertiary/aromatic N) is 5. The fraction of sp³-hybridized carbons (Fsp3) is 0.545. The van der Waals surface area contributed by atoms with Gasteiger partial charge in [-0.25, -0.2) is 0 Å². The number of nitrogens with one attached hydrogen (secondary N) is 1. The van der Waals surface area contributed by atoms with E-state index in [0.717, 1.165) is 37.6 Å². The Morgan fingerprint density at radius 3 is 2.50 bits per heavy atom. The fourth-order valence-corrected chi connectivity index (χ4v) is 4.08. The highest BCUT2D eigenvalue weighted by Gasteiger charge is 2.30. The maximum atomic E-state index is 12.5. The van der Waals surface area contributed by atoms with Gasteiger partial charge in [0.2, 0.25) is 11.9 Å². The van der Waals surface area contributed by atoms with Gasteiger partial charge in [-0.1, -0.05) is 43.3 Å². The highest BCUT2D eigenvalue weighted by atomic mass is 32.2. The summed E-state index contributed by atoms with van der Waals surface area (Å²) in [5.41, 5.74) is 1.28. The third kappa shape index (κ3) is 4.96. The third-order valence-corrected chi connectivity index (χ3v) is 6.59. The first-order chi connectivity index (χ1) is 14.3. The van der Waals surface area contributed by atoms with Gasteiger partial charge in [0.05, 0.1) is 17.5 Å². The molecule has 7 nitrogen and oxygen atoms in total. The van der Waals surface area contributed by atoms with Crippen LogP contribution in [0.1, 0.15) is 45.6 Å². The molecule has 0 bridgehead atoms. The lowest BCUT2D eigenvalue weighted by molar-refractivity contribution is -0.120. The summed E-state index contributed by atoms with van der Waals surface area (Å²) in [4.78, 5) is 14.8. The monoisotopic (exact) mass is 426 g/mol. The molecular formula is C22H30N6OS. The smallest absolute Gasteiger partial charge is 0.232 e. The van der Waals surface area contributed by atoms with E-state index in [2.05, 4.69) is 57.7 Å². The molecule has 1 aliphatic heterocycles. The number of carbonyl (C=O) groups is 1. The van der Waals surface area contributed by atoms with Crippen molar-refractivity contribution >= 4 is 23.6 Å². The molecule has 0 radical (unpaired) electrons. The lowest BCUT2D eigenvalue weighted by atomic mass is 9.90. The van der Waals surface area contributed by atoms with Crippen LogP contribution in [0.4, 0.5) is 5.95 Å². The third-order valence-electron chi connectivity index (χ3n) is 5.67. The Morgan fingerprint density at radius 2 is 1.90 bits per heavy atom. The van der Waals surface area contributed by atoms with Gasteiger partial charge in [-0.05, 0) is 51.2 Å². The molecule has 30 heavy (non-hydrogen) atoms. The van der Waals surface area contributed by atoms with Gasteiger partial charge >= 0.3 is 0 Å². The Morgan fingerprint density at radius 1 is 1.23 bits per heavy atom. The molecule has 2 heterocycles. The molecule has 1 aromatic carbocycles. The number of carbonyl (C=O) groups excluding carboxylic acids is 1. The number of thioether (sulfide) groups is 1. The number of piperidine rings is 1. The van der Waals surface area contributed by atoms with Gasteiger partial charge in [0.25, 0.3) is 0 Å². The lowest BCUT2D eigenvalue weighted by Crippen LogP contribution is -2.49. The summed E-state index contributed by atoms with van der Waals surface area (Å²) in [6.07, 6.45) is 3.53. The van der Waals surface area contributed by atoms with Crippen LogP contribution in [0, 0.1) is 24.2 Å². The molecule has 0 aliphatic carbocycles. The molecule has 0 spiro atoms. The number of hydrogen-bond donors (Lipinski definition) is 1. The standard InChI is InChI=1S/C22H30N6OS/c1-16(2)22(4,15-23)24-19(29)14-30-21-26-25-20(27-12-6-5-7-13-27)28(21)18-10-8-17(3)9-11-18/h8-11,16H,5-7,12-14H2,1-4H3,(H,24,29)/t22-/m0/s1. The molecule has 2 aromatic rings. The molecule has 1 N–H and O–H groups in total. The van der Waals surface area contributed by atoms with E-state index in [-0.39, 0.29) is 17.6 Å². The molecule has 160 valence electrons. The predicted molar refractivity (Wildman–Crippen MR) is 120 cm³/mol. The average Bonchev–Trinajstić information content (AvgIpc) is 3.17. The predicted octanol–water partition coefficient (Wildman–Crippen LogP) is 3.71. The van der Waals surface area contributed by atoms with E-state index >= 15 is 0 Å². The van der Waals surface area contributed by atoms with Crippen LogP contribution in [0.3, 0.4) is 0 Å². The van der Waals surface area contributed by atoms with Crippen LogP contribution in [0.2, 0.25) is 0 Å². The Hall–Kier alpha value is -2.53. The second-order valence-electron chi connectivity index (χ2n) is 8.31. The van der Waals surface area contributed by atoms with Crippen molar-refractivity contribution < 1.29 is 4.79 Å². The van der Waals surface area contributed by atoms with E-state index < -0.39 is 5.54 Å². The van der Waals surface area contributed by atoms with Crippen molar-refractivity contribution in [2.45, 2.75) is 57.7 Å². The van der Waals surface area contributed by atoms with Crippen molar-refractivity contribution in [1.82, 2.24) is 20.1 Å². The Balaban J connectivity index is 1.82. The van der Waals surface area contributed by atoms with E-state index in [1.54, 1.807) is 6.92 Å². The lowest BCUT2D eigenvalue weighted by Gasteiger charge is -2.28. The van der Waals surface area contributed by atoms with Crippen LogP contribution >= 0.6 is 11.8 Å². The number of aromatic nitrogens is 3. The molecule has 1 amide bonds. The quantitative estimate of drug-likeness (QED) is 0.679. The number of amides is 1. The molecule has 3 rings (SSSR count). The zero-order chi connectivity index (χ0) is 21.7. The van der Waals surface area contributed by atoms with E-state index in [4.69, 9.17) is 0 Å². The first-order valence-electron chi connectivity index (χ1n) is 10.5. The largest absolute Gasteiger partial charge is 0.341 e. The number of anilines is 1. The van der Waals surface area contributed by atoms with Crippen molar-refractivity contribution in [3.63, 3.8) is 0 Å². The van der Waals surface area contributed by atoms with Crippen LogP contribution in [0.15, 0.2) is 29.4 Å². The molecule has 1 fully saturated rings. The van der Waals surface area contributed by atoms with Gasteiger partial charge < -0.3 is 10.2 Å². The zero-order valence-corrected chi connectivity index (χ0v) is 19.0. The molecular weight excluding hydrogens is 396 g/mol. The minimum absolute atomic E-state index is 0.0124. The summed E-state index contributed by atoms with van der Waals surface area (Å²) in [6, 6.07) is 10.5. The van der Waals surface area contributed by atoms with E-state index in [1.165, 1.54) is 23.7 Å². The highest BCUT2D eigenvalue weighted by Crippen LogP contribution is 2.28. The fourth-order valence-electron chi connectivity index (χ4n) is 3.33. The molecule has 1 atom stereocenters. The normalized spacial score (nSPS) is 16.2. The van der Waals surface area contributed by atoms with Gasteiger partial charge in [-0.3, -0.25) is 9.36 Å². The Labute approximate surface area is 182 Å². The number of hydrogen-bond acceptors (Lipinski definition) is 6. The second kappa shape index (κ2) is 9.52.